The minimum Gasteiger partial charge on any atom is -0.480 e. The maximum Gasteiger partial charge on any atom is 0.413 e. The van der Waals surface area contributed by atoms with Crippen molar-refractivity contribution >= 4 is 41.6 Å². The second-order valence-corrected chi connectivity index (χ2v) is 11.8. The molecule has 0 bridgehead atoms. The Morgan fingerprint density at radius 3 is 1.92 bits per heavy atom. The van der Waals surface area contributed by atoms with Crippen LogP contribution in [0.25, 0.3) is 0 Å². The number of aliphatic hydroxyl groups excluding tert-OH is 1. The number of rotatable bonds is 16. The van der Waals surface area contributed by atoms with Crippen LogP contribution in [0.2, 0.25) is 0 Å². The average molecular weight is 696 g/mol. The summed E-state index contributed by atoms with van der Waals surface area (Å²) in [7, 11) is 0. The lowest BCUT2D eigenvalue weighted by molar-refractivity contribution is -0.150. The Hall–Kier alpha value is -3.66. The third-order valence-corrected chi connectivity index (χ3v) is 9.22. The van der Waals surface area contributed by atoms with Gasteiger partial charge in [-0.05, 0) is 69.8 Å². The summed E-state index contributed by atoms with van der Waals surface area (Å²) in [5, 5.41) is 32.2. The normalized spacial score (nSPS) is 17.2. The molecule has 5 N–H and O–H groups in total. The van der Waals surface area contributed by atoms with E-state index in [9.17, 15) is 39.3 Å². The second-order valence-electron chi connectivity index (χ2n) is 10.7. The zero-order valence-corrected chi connectivity index (χ0v) is 29.8. The van der Waals surface area contributed by atoms with Gasteiger partial charge in [0.1, 0.15) is 28.9 Å². The molecule has 2 aliphatic heterocycles. The number of carbonyl (C=O) groups excluding carboxylic acids is 3. The van der Waals surface area contributed by atoms with Gasteiger partial charge in [0.2, 0.25) is 5.91 Å². The number of ether oxygens (including phenoxy) is 1. The highest BCUT2D eigenvalue weighted by Gasteiger charge is 2.54. The first-order valence-corrected chi connectivity index (χ1v) is 17.5. The number of nitrogens with zero attached hydrogens (tertiary/aromatic N) is 3. The molecule has 1 saturated heterocycles. The van der Waals surface area contributed by atoms with Crippen molar-refractivity contribution in [2.24, 2.45) is 0 Å². The zero-order chi connectivity index (χ0) is 36.2. The topological polar surface area (TPSA) is 189 Å². The van der Waals surface area contributed by atoms with Gasteiger partial charge in [0.15, 0.2) is 0 Å². The van der Waals surface area contributed by atoms with Crippen molar-refractivity contribution in [3.05, 3.63) is 41.6 Å². The fourth-order valence-corrected chi connectivity index (χ4v) is 6.22. The van der Waals surface area contributed by atoms with Crippen molar-refractivity contribution in [1.29, 1.82) is 0 Å². The van der Waals surface area contributed by atoms with Gasteiger partial charge in [0, 0.05) is 12.2 Å². The number of amides is 3. The number of carbonyl (C=O) groups is 5. The van der Waals surface area contributed by atoms with Crippen molar-refractivity contribution < 1.29 is 44.0 Å². The van der Waals surface area contributed by atoms with Crippen molar-refractivity contribution in [3.63, 3.8) is 0 Å². The van der Waals surface area contributed by atoms with Gasteiger partial charge in [-0.2, -0.15) is 0 Å². The van der Waals surface area contributed by atoms with E-state index in [1.807, 2.05) is 0 Å². The Morgan fingerprint density at radius 2 is 1.48 bits per heavy atom. The summed E-state index contributed by atoms with van der Waals surface area (Å²) in [6.45, 7) is 19.8. The molecule has 1 aromatic carbocycles. The van der Waals surface area contributed by atoms with Crippen LogP contribution in [0.4, 0.5) is 4.79 Å². The first-order chi connectivity index (χ1) is 22.9. The van der Waals surface area contributed by atoms with Crippen LogP contribution in [-0.4, -0.2) is 129 Å². The largest absolute Gasteiger partial charge is 0.480 e. The molecule has 14 nitrogen and oxygen atoms in total. The van der Waals surface area contributed by atoms with E-state index in [1.54, 1.807) is 18.2 Å². The van der Waals surface area contributed by atoms with E-state index < -0.39 is 53.9 Å². The number of para-hydroxylation sites is 1. The summed E-state index contributed by atoms with van der Waals surface area (Å²) in [5.74, 6) is -3.27. The summed E-state index contributed by atoms with van der Waals surface area (Å²) >= 11 is 1.23. The maximum atomic E-state index is 12.4. The predicted molar refractivity (Wildman–Crippen MR) is 185 cm³/mol. The minimum atomic E-state index is -1.33. The van der Waals surface area contributed by atoms with Crippen LogP contribution in [0.3, 0.4) is 0 Å². The Kier molecular flexibility index (Phi) is 20.1. The van der Waals surface area contributed by atoms with Crippen LogP contribution >= 0.6 is 11.8 Å². The highest BCUT2D eigenvalue weighted by Crippen LogP contribution is 2.40. The minimum absolute atomic E-state index is 0.0542. The molecule has 0 aliphatic carbocycles. The second kappa shape index (κ2) is 22.8. The lowest BCUT2D eigenvalue weighted by Crippen LogP contribution is -2.70. The van der Waals surface area contributed by atoms with Gasteiger partial charge < -0.3 is 40.5 Å². The number of aliphatic hydroxyl groups is 1. The van der Waals surface area contributed by atoms with Crippen LogP contribution in [-0.2, 0) is 19.2 Å². The number of hydrogen-bond acceptors (Lipinski definition) is 10. The SMILES string of the molecule is CCN(CC)CC.CCN(CC)CC.O=C(CCC[C@@H](NC(=O)Oc1ccccc1)C(=O)O)NC1C(=O)N2C(C(=O)O)=C(CO)CS[C@H]12. The van der Waals surface area contributed by atoms with Gasteiger partial charge in [-0.15, -0.1) is 11.8 Å². The average Bonchev–Trinajstić information content (AvgIpc) is 3.08. The molecule has 15 heteroatoms. The Bertz CT molecular complexity index is 1190. The number of thioether (sulfide) groups is 1. The molecule has 0 radical (unpaired) electrons. The first kappa shape index (κ1) is 42.4. The molecule has 1 unspecified atom stereocenters. The number of carboxylic acids is 2. The molecule has 48 heavy (non-hydrogen) atoms. The van der Waals surface area contributed by atoms with Crippen LogP contribution in [0.5, 0.6) is 5.75 Å². The number of aliphatic carboxylic acids is 2. The summed E-state index contributed by atoms with van der Waals surface area (Å²) in [6, 6.07) is 5.90. The lowest BCUT2D eigenvalue weighted by Gasteiger charge is -2.49. The number of carboxylic acid groups (broad SMARTS) is 2. The molecule has 270 valence electrons. The number of fused-ring (bicyclic) bond motifs is 1. The van der Waals surface area contributed by atoms with E-state index in [-0.39, 0.29) is 42.0 Å². The van der Waals surface area contributed by atoms with Crippen molar-refractivity contribution in [1.82, 2.24) is 25.3 Å². The van der Waals surface area contributed by atoms with Crippen LogP contribution < -0.4 is 15.4 Å². The van der Waals surface area contributed by atoms with Gasteiger partial charge >= 0.3 is 18.0 Å². The van der Waals surface area contributed by atoms with Gasteiger partial charge in [-0.25, -0.2) is 14.4 Å². The number of β-lactam (4-membered cyclic amide) rings is 1. The van der Waals surface area contributed by atoms with Crippen LogP contribution in [0.1, 0.15) is 60.8 Å². The third kappa shape index (κ3) is 13.5. The molecule has 3 atom stereocenters. The highest BCUT2D eigenvalue weighted by molar-refractivity contribution is 8.00. The maximum absolute atomic E-state index is 12.4. The van der Waals surface area contributed by atoms with E-state index in [2.05, 4.69) is 62.0 Å². The summed E-state index contributed by atoms with van der Waals surface area (Å²) in [4.78, 5) is 65.4. The molecule has 3 amide bonds. The van der Waals surface area contributed by atoms with Crippen molar-refractivity contribution in [3.8, 4) is 5.75 Å². The number of nitrogens with one attached hydrogen (secondary N) is 2. The quantitative estimate of drug-likeness (QED) is 0.159. The van der Waals surface area contributed by atoms with Crippen LogP contribution in [0, 0.1) is 0 Å². The standard InChI is InChI=1S/C21H23N3O9S.2C6H15N/c25-9-11-10-34-18-15(17(27)24(18)16(11)20(30)31)23-14(26)8-4-7-13(19(28)29)22-21(32)33-12-5-2-1-3-6-12;2*1-4-7(5-2)6-3/h1-3,5-6,13,15,18,25H,4,7-10H2,(H,22,32)(H,23,26)(H,28,29)(H,30,31);2*4-6H2,1-3H3/t13-,15?,18-;;/m1../s1. The monoisotopic (exact) mass is 695 g/mol. The summed E-state index contributed by atoms with van der Waals surface area (Å²) in [5.41, 5.74) is -0.0376. The molecule has 0 aromatic heterocycles. The van der Waals surface area contributed by atoms with Gasteiger partial charge in [-0.3, -0.25) is 14.5 Å². The van der Waals surface area contributed by atoms with Gasteiger partial charge in [0.25, 0.3) is 5.91 Å². The molecule has 2 heterocycles. The Labute approximate surface area is 287 Å². The molecule has 1 aromatic rings. The van der Waals surface area contributed by atoms with E-state index in [0.717, 1.165) is 4.90 Å². The molecule has 0 spiro atoms. The van der Waals surface area contributed by atoms with Gasteiger partial charge in [-0.1, -0.05) is 59.7 Å². The molecule has 0 saturated carbocycles. The van der Waals surface area contributed by atoms with Crippen molar-refractivity contribution in [2.75, 3.05) is 51.6 Å². The van der Waals surface area contributed by atoms with Crippen LogP contribution in [0.15, 0.2) is 41.6 Å². The van der Waals surface area contributed by atoms with E-state index in [1.165, 1.54) is 63.2 Å². The first-order valence-electron chi connectivity index (χ1n) is 16.4. The highest BCUT2D eigenvalue weighted by atomic mass is 32.2. The smallest absolute Gasteiger partial charge is 0.413 e. The zero-order valence-electron chi connectivity index (χ0n) is 28.9. The number of hydrogen-bond donors (Lipinski definition) is 5. The summed E-state index contributed by atoms with van der Waals surface area (Å²) in [6.07, 6.45) is -1.00. The fraction of sp³-hybridized carbons (Fsp3) is 0.606. The number of benzene rings is 1. The summed E-state index contributed by atoms with van der Waals surface area (Å²) < 4.78 is 5.00. The molecular formula is C33H53N5O9S. The van der Waals surface area contributed by atoms with Crippen molar-refractivity contribution in [2.45, 2.75) is 78.3 Å². The predicted octanol–water partition coefficient (Wildman–Crippen LogP) is 2.83. The molecule has 3 rings (SSSR count). The Morgan fingerprint density at radius 1 is 0.938 bits per heavy atom. The fourth-order valence-electron chi connectivity index (χ4n) is 4.88. The van der Waals surface area contributed by atoms with E-state index >= 15 is 0 Å². The lowest BCUT2D eigenvalue weighted by atomic mass is 10.0. The third-order valence-electron chi connectivity index (χ3n) is 7.88. The Balaban J connectivity index is 0.000000687. The molecule has 2 aliphatic rings. The van der Waals surface area contributed by atoms with Gasteiger partial charge in [0.05, 0.1) is 6.61 Å². The van der Waals surface area contributed by atoms with E-state index in [0.29, 0.717) is 0 Å². The van der Waals surface area contributed by atoms with E-state index in [4.69, 9.17) is 4.74 Å². The molecular weight excluding hydrogens is 642 g/mol. The molecule has 1 fully saturated rings.